The molecule has 2 aromatic heterocycles. The number of nitrogens with zero attached hydrogens (tertiary/aromatic N) is 5. The predicted molar refractivity (Wildman–Crippen MR) is 104 cm³/mol. The Morgan fingerprint density at radius 3 is 2.42 bits per heavy atom. The number of rotatable bonds is 1. The third-order valence-electron chi connectivity index (χ3n) is 5.96. The molecule has 0 atom stereocenters. The number of anilines is 1. The van der Waals surface area contributed by atoms with Crippen LogP contribution in [-0.4, -0.2) is 65.1 Å². The number of likely N-dealkylation sites (tertiary alicyclic amines) is 1. The van der Waals surface area contributed by atoms with Crippen molar-refractivity contribution in [3.63, 3.8) is 0 Å². The minimum atomic E-state index is 0.225. The lowest BCUT2D eigenvalue weighted by Gasteiger charge is -2.37. The zero-order valence-corrected chi connectivity index (χ0v) is 15.9. The highest BCUT2D eigenvalue weighted by molar-refractivity contribution is 7.19. The Kier molecular flexibility index (Phi) is 4.19. The second-order valence-electron chi connectivity index (χ2n) is 7.54. The van der Waals surface area contributed by atoms with E-state index in [0.29, 0.717) is 0 Å². The van der Waals surface area contributed by atoms with Crippen LogP contribution in [0.15, 0.2) is 6.33 Å². The van der Waals surface area contributed by atoms with Crippen LogP contribution in [0.2, 0.25) is 0 Å². The number of thiophene rings is 1. The number of aromatic nitrogens is 2. The molecule has 2 saturated heterocycles. The molecule has 0 N–H and O–H groups in total. The van der Waals surface area contributed by atoms with E-state index in [1.165, 1.54) is 35.1 Å². The molecule has 0 aromatic carbocycles. The third kappa shape index (κ3) is 2.73. The van der Waals surface area contributed by atoms with Crippen LogP contribution in [0.4, 0.5) is 10.6 Å². The Bertz CT molecular complexity index is 821. The van der Waals surface area contributed by atoms with E-state index >= 15 is 0 Å². The van der Waals surface area contributed by atoms with Gasteiger partial charge in [-0.15, -0.1) is 11.3 Å². The summed E-state index contributed by atoms with van der Waals surface area (Å²) in [6.07, 6.45) is 8.91. The molecule has 4 heterocycles. The molecule has 26 heavy (non-hydrogen) atoms. The monoisotopic (exact) mass is 371 g/mol. The van der Waals surface area contributed by atoms with Crippen molar-refractivity contribution in [2.24, 2.45) is 0 Å². The van der Waals surface area contributed by atoms with Crippen molar-refractivity contribution in [2.45, 2.75) is 38.5 Å². The molecule has 2 fully saturated rings. The van der Waals surface area contributed by atoms with Gasteiger partial charge in [0.15, 0.2) is 0 Å². The minimum absolute atomic E-state index is 0.225. The van der Waals surface area contributed by atoms with E-state index in [1.54, 1.807) is 6.33 Å². The van der Waals surface area contributed by atoms with Gasteiger partial charge < -0.3 is 14.7 Å². The van der Waals surface area contributed by atoms with Crippen molar-refractivity contribution < 1.29 is 4.79 Å². The van der Waals surface area contributed by atoms with E-state index < -0.39 is 0 Å². The number of amides is 2. The fourth-order valence-corrected chi connectivity index (χ4v) is 5.75. The Hall–Kier alpha value is -1.89. The zero-order valence-electron chi connectivity index (χ0n) is 15.1. The topological polar surface area (TPSA) is 52.6 Å². The minimum Gasteiger partial charge on any atom is -0.352 e. The summed E-state index contributed by atoms with van der Waals surface area (Å²) in [4.78, 5) is 30.9. The Morgan fingerprint density at radius 1 is 0.885 bits per heavy atom. The van der Waals surface area contributed by atoms with Crippen molar-refractivity contribution in [2.75, 3.05) is 44.2 Å². The Labute approximate surface area is 157 Å². The predicted octanol–water partition coefficient (Wildman–Crippen LogP) is 2.91. The third-order valence-corrected chi connectivity index (χ3v) is 7.16. The van der Waals surface area contributed by atoms with Crippen LogP contribution < -0.4 is 4.90 Å². The van der Waals surface area contributed by atoms with Crippen LogP contribution >= 0.6 is 11.3 Å². The standard InChI is InChI=1S/C19H25N5OS/c25-19(23-7-3-4-8-23)24-11-9-22(10-12-24)17-16-14-5-1-2-6-15(14)26-18(16)21-13-20-17/h13H,1-12H2. The molecule has 2 amide bonds. The van der Waals surface area contributed by atoms with Gasteiger partial charge in [0, 0.05) is 44.1 Å². The summed E-state index contributed by atoms with van der Waals surface area (Å²) in [6.45, 7) is 5.13. The van der Waals surface area contributed by atoms with E-state index in [-0.39, 0.29) is 6.03 Å². The van der Waals surface area contributed by atoms with Crippen molar-refractivity contribution >= 4 is 33.4 Å². The van der Waals surface area contributed by atoms with Gasteiger partial charge in [0.2, 0.25) is 0 Å². The molecule has 0 saturated carbocycles. The molecule has 0 spiro atoms. The van der Waals surface area contributed by atoms with Crippen molar-refractivity contribution in [3.8, 4) is 0 Å². The van der Waals surface area contributed by atoms with Gasteiger partial charge in [0.25, 0.3) is 0 Å². The van der Waals surface area contributed by atoms with Crippen molar-refractivity contribution in [1.29, 1.82) is 0 Å². The fraction of sp³-hybridized carbons (Fsp3) is 0.632. The summed E-state index contributed by atoms with van der Waals surface area (Å²) in [5.74, 6) is 1.09. The number of carbonyl (C=O) groups is 1. The highest BCUT2D eigenvalue weighted by atomic mass is 32.1. The van der Waals surface area contributed by atoms with Crippen LogP contribution in [0.1, 0.15) is 36.1 Å². The van der Waals surface area contributed by atoms with E-state index in [4.69, 9.17) is 0 Å². The summed E-state index contributed by atoms with van der Waals surface area (Å²) in [7, 11) is 0. The molecule has 6 nitrogen and oxygen atoms in total. The highest BCUT2D eigenvalue weighted by Crippen LogP contribution is 2.39. The molecule has 0 radical (unpaired) electrons. The van der Waals surface area contributed by atoms with E-state index in [9.17, 15) is 4.79 Å². The second-order valence-corrected chi connectivity index (χ2v) is 8.62. The van der Waals surface area contributed by atoms with Gasteiger partial charge in [-0.05, 0) is 44.1 Å². The lowest BCUT2D eigenvalue weighted by atomic mass is 9.97. The molecule has 138 valence electrons. The largest absolute Gasteiger partial charge is 0.352 e. The van der Waals surface area contributed by atoms with Gasteiger partial charge in [-0.25, -0.2) is 14.8 Å². The smallest absolute Gasteiger partial charge is 0.320 e. The molecule has 1 aliphatic carbocycles. The highest BCUT2D eigenvalue weighted by Gasteiger charge is 2.29. The molecular formula is C19H25N5OS. The number of piperazine rings is 1. The average molecular weight is 372 g/mol. The summed E-state index contributed by atoms with van der Waals surface area (Å²) in [5.41, 5.74) is 1.49. The number of hydrogen-bond donors (Lipinski definition) is 0. The number of urea groups is 1. The molecular weight excluding hydrogens is 346 g/mol. The maximum Gasteiger partial charge on any atom is 0.320 e. The zero-order chi connectivity index (χ0) is 17.5. The number of carbonyl (C=O) groups excluding carboxylic acids is 1. The van der Waals surface area contributed by atoms with E-state index in [2.05, 4.69) is 14.9 Å². The number of fused-ring (bicyclic) bond motifs is 3. The normalized spacial score (nSPS) is 20.7. The lowest BCUT2D eigenvalue weighted by Crippen LogP contribution is -2.52. The van der Waals surface area contributed by atoms with Crippen LogP contribution in [0, 0.1) is 0 Å². The van der Waals surface area contributed by atoms with Crippen molar-refractivity contribution in [3.05, 3.63) is 16.8 Å². The molecule has 2 aromatic rings. The van der Waals surface area contributed by atoms with Crippen LogP contribution in [0.25, 0.3) is 10.2 Å². The first-order chi connectivity index (χ1) is 12.8. The summed E-state index contributed by atoms with van der Waals surface area (Å²) in [5, 5.41) is 1.28. The van der Waals surface area contributed by atoms with Gasteiger partial charge in [0.1, 0.15) is 17.0 Å². The molecule has 0 bridgehead atoms. The average Bonchev–Trinajstić information content (AvgIpc) is 3.35. The van der Waals surface area contributed by atoms with Gasteiger partial charge >= 0.3 is 6.03 Å². The molecule has 7 heteroatoms. The molecule has 5 rings (SSSR count). The number of aryl methyl sites for hydroxylation is 2. The second kappa shape index (κ2) is 6.68. The van der Waals surface area contributed by atoms with Gasteiger partial charge in [-0.3, -0.25) is 0 Å². The number of hydrogen-bond acceptors (Lipinski definition) is 5. The van der Waals surface area contributed by atoms with Crippen LogP contribution in [0.3, 0.4) is 0 Å². The SMILES string of the molecule is O=C(N1CCCC1)N1CCN(c2ncnc3sc4c(c23)CCCC4)CC1. The summed E-state index contributed by atoms with van der Waals surface area (Å²) in [6, 6.07) is 0.225. The first-order valence-corrected chi connectivity index (χ1v) is 10.7. The summed E-state index contributed by atoms with van der Waals surface area (Å²) < 4.78 is 0. The van der Waals surface area contributed by atoms with E-state index in [1.807, 2.05) is 21.1 Å². The van der Waals surface area contributed by atoms with Crippen molar-refractivity contribution in [1.82, 2.24) is 19.8 Å². The van der Waals surface area contributed by atoms with Crippen LogP contribution in [0.5, 0.6) is 0 Å². The maximum atomic E-state index is 12.6. The molecule has 3 aliphatic rings. The van der Waals surface area contributed by atoms with E-state index in [0.717, 1.165) is 69.2 Å². The fourth-order valence-electron chi connectivity index (χ4n) is 4.53. The van der Waals surface area contributed by atoms with Gasteiger partial charge in [-0.2, -0.15) is 0 Å². The Balaban J connectivity index is 1.36. The quantitative estimate of drug-likeness (QED) is 0.773. The molecule has 0 unspecified atom stereocenters. The first-order valence-electron chi connectivity index (χ1n) is 9.85. The Morgan fingerprint density at radius 2 is 1.62 bits per heavy atom. The van der Waals surface area contributed by atoms with Gasteiger partial charge in [-0.1, -0.05) is 0 Å². The van der Waals surface area contributed by atoms with Gasteiger partial charge in [0.05, 0.1) is 5.39 Å². The maximum absolute atomic E-state index is 12.6. The summed E-state index contributed by atoms with van der Waals surface area (Å²) >= 11 is 1.85. The molecule has 2 aliphatic heterocycles. The van der Waals surface area contributed by atoms with Crippen LogP contribution in [-0.2, 0) is 12.8 Å². The first kappa shape index (κ1) is 16.3. The lowest BCUT2D eigenvalue weighted by molar-refractivity contribution is 0.159.